The summed E-state index contributed by atoms with van der Waals surface area (Å²) < 4.78 is 5.17. The third kappa shape index (κ3) is 3.28. The first-order chi connectivity index (χ1) is 10.1. The summed E-state index contributed by atoms with van der Waals surface area (Å²) >= 11 is 0. The molecule has 1 aliphatic heterocycles. The zero-order valence-corrected chi connectivity index (χ0v) is 12.1. The number of carbonyl (C=O) groups is 3. The van der Waals surface area contributed by atoms with Crippen LogP contribution in [-0.2, 0) is 16.1 Å². The van der Waals surface area contributed by atoms with E-state index in [9.17, 15) is 14.4 Å². The van der Waals surface area contributed by atoms with Gasteiger partial charge in [0.05, 0.1) is 18.7 Å². The molecule has 6 nitrogen and oxygen atoms in total. The molecule has 112 valence electrons. The zero-order chi connectivity index (χ0) is 15.4. The summed E-state index contributed by atoms with van der Waals surface area (Å²) in [6, 6.07) is 4.99. The predicted molar refractivity (Wildman–Crippen MR) is 76.0 cm³/mol. The van der Waals surface area contributed by atoms with Crippen molar-refractivity contribution in [2.24, 2.45) is 0 Å². The Morgan fingerprint density at radius 3 is 2.81 bits per heavy atom. The topological polar surface area (TPSA) is 75.7 Å². The van der Waals surface area contributed by atoms with Crippen LogP contribution in [0.4, 0.5) is 0 Å². The van der Waals surface area contributed by atoms with Gasteiger partial charge in [0.25, 0.3) is 0 Å². The second kappa shape index (κ2) is 6.49. The zero-order valence-electron chi connectivity index (χ0n) is 12.1. The van der Waals surface area contributed by atoms with Gasteiger partial charge in [0.2, 0.25) is 11.8 Å². The third-order valence-electron chi connectivity index (χ3n) is 3.66. The van der Waals surface area contributed by atoms with Gasteiger partial charge in [0.15, 0.2) is 6.29 Å². The molecule has 1 N–H and O–H groups in total. The van der Waals surface area contributed by atoms with Crippen molar-refractivity contribution < 1.29 is 19.1 Å². The number of carbonyl (C=O) groups excluding carboxylic acids is 3. The van der Waals surface area contributed by atoms with Gasteiger partial charge in [-0.2, -0.15) is 0 Å². The van der Waals surface area contributed by atoms with E-state index in [1.807, 2.05) is 11.0 Å². The Bertz CT molecular complexity index is 571. The number of amides is 2. The van der Waals surface area contributed by atoms with Gasteiger partial charge in [-0.15, -0.1) is 0 Å². The largest absolute Gasteiger partial charge is 0.496 e. The van der Waals surface area contributed by atoms with Crippen molar-refractivity contribution in [3.63, 3.8) is 0 Å². The molecule has 0 bridgehead atoms. The SMILES string of the molecule is COc1cccc(CN(C)C2CCC(=O)NC2=O)c1C=O. The molecule has 2 rings (SSSR count). The fourth-order valence-corrected chi connectivity index (χ4v) is 2.52. The van der Waals surface area contributed by atoms with Gasteiger partial charge in [0, 0.05) is 13.0 Å². The summed E-state index contributed by atoms with van der Waals surface area (Å²) in [6.07, 6.45) is 1.58. The number of methoxy groups -OCH3 is 1. The summed E-state index contributed by atoms with van der Waals surface area (Å²) in [5.41, 5.74) is 1.27. The molecular weight excluding hydrogens is 272 g/mol. The number of piperidine rings is 1. The average molecular weight is 290 g/mol. The van der Waals surface area contributed by atoms with Crippen LogP contribution in [0, 0.1) is 0 Å². The molecule has 1 unspecified atom stereocenters. The molecule has 0 spiro atoms. The number of hydrogen-bond acceptors (Lipinski definition) is 5. The maximum atomic E-state index is 11.8. The quantitative estimate of drug-likeness (QED) is 0.639. The van der Waals surface area contributed by atoms with E-state index in [-0.39, 0.29) is 17.9 Å². The van der Waals surface area contributed by atoms with Crippen LogP contribution in [0.1, 0.15) is 28.8 Å². The molecule has 1 fully saturated rings. The van der Waals surface area contributed by atoms with E-state index in [2.05, 4.69) is 5.32 Å². The summed E-state index contributed by atoms with van der Waals surface area (Å²) in [4.78, 5) is 36.1. The number of imide groups is 1. The van der Waals surface area contributed by atoms with E-state index in [0.29, 0.717) is 30.7 Å². The predicted octanol–water partition coefficient (Wildman–Crippen LogP) is 0.745. The first kappa shape index (κ1) is 15.2. The van der Waals surface area contributed by atoms with E-state index in [1.165, 1.54) is 7.11 Å². The molecule has 0 saturated carbocycles. The Kier molecular flexibility index (Phi) is 4.70. The van der Waals surface area contributed by atoms with Crippen LogP contribution in [-0.4, -0.2) is 43.2 Å². The minimum atomic E-state index is -0.367. The lowest BCUT2D eigenvalue weighted by atomic mass is 10.0. The van der Waals surface area contributed by atoms with Crippen molar-refractivity contribution in [2.45, 2.75) is 25.4 Å². The summed E-state index contributed by atoms with van der Waals surface area (Å²) in [5, 5.41) is 2.33. The van der Waals surface area contributed by atoms with Crippen molar-refractivity contribution in [1.29, 1.82) is 0 Å². The van der Waals surface area contributed by atoms with Crippen LogP contribution >= 0.6 is 0 Å². The minimum absolute atomic E-state index is 0.236. The number of hydrogen-bond donors (Lipinski definition) is 1. The molecule has 0 aliphatic carbocycles. The van der Waals surface area contributed by atoms with E-state index in [4.69, 9.17) is 4.74 Å². The number of nitrogens with zero attached hydrogens (tertiary/aromatic N) is 1. The number of ether oxygens (including phenoxy) is 1. The van der Waals surface area contributed by atoms with E-state index in [1.54, 1.807) is 19.2 Å². The summed E-state index contributed by atoms with van der Waals surface area (Å²) in [6.45, 7) is 0.428. The van der Waals surface area contributed by atoms with Gasteiger partial charge >= 0.3 is 0 Å². The van der Waals surface area contributed by atoms with E-state index in [0.717, 1.165) is 11.8 Å². The van der Waals surface area contributed by atoms with Crippen LogP contribution in [0.2, 0.25) is 0 Å². The van der Waals surface area contributed by atoms with Gasteiger partial charge in [-0.25, -0.2) is 0 Å². The van der Waals surface area contributed by atoms with Crippen LogP contribution in [0.3, 0.4) is 0 Å². The molecule has 1 heterocycles. The molecule has 1 atom stereocenters. The third-order valence-corrected chi connectivity index (χ3v) is 3.66. The van der Waals surface area contributed by atoms with Gasteiger partial charge in [-0.3, -0.25) is 24.6 Å². The molecule has 1 aliphatic rings. The molecule has 0 radical (unpaired) electrons. The number of nitrogens with one attached hydrogen (secondary N) is 1. The van der Waals surface area contributed by atoms with Crippen LogP contribution in [0.25, 0.3) is 0 Å². The molecule has 1 aromatic carbocycles. The Morgan fingerprint density at radius 2 is 2.19 bits per heavy atom. The van der Waals surface area contributed by atoms with Crippen LogP contribution in [0.5, 0.6) is 5.75 Å². The lowest BCUT2D eigenvalue weighted by Gasteiger charge is -2.30. The van der Waals surface area contributed by atoms with Gasteiger partial charge in [0.1, 0.15) is 5.75 Å². The van der Waals surface area contributed by atoms with Crippen molar-refractivity contribution in [1.82, 2.24) is 10.2 Å². The van der Waals surface area contributed by atoms with Crippen molar-refractivity contribution in [2.75, 3.05) is 14.2 Å². The highest BCUT2D eigenvalue weighted by molar-refractivity contribution is 6.00. The van der Waals surface area contributed by atoms with Crippen LogP contribution < -0.4 is 10.1 Å². The van der Waals surface area contributed by atoms with Gasteiger partial charge in [-0.1, -0.05) is 12.1 Å². The fraction of sp³-hybridized carbons (Fsp3) is 0.400. The molecular formula is C15H18N2O4. The van der Waals surface area contributed by atoms with Gasteiger partial charge < -0.3 is 4.74 Å². The molecule has 1 saturated heterocycles. The average Bonchev–Trinajstić information content (AvgIpc) is 2.46. The first-order valence-electron chi connectivity index (χ1n) is 6.71. The minimum Gasteiger partial charge on any atom is -0.496 e. The molecule has 21 heavy (non-hydrogen) atoms. The maximum Gasteiger partial charge on any atom is 0.243 e. The van der Waals surface area contributed by atoms with Crippen molar-refractivity contribution in [3.8, 4) is 5.75 Å². The Hall–Kier alpha value is -2.21. The molecule has 1 aromatic rings. The maximum absolute atomic E-state index is 11.8. The summed E-state index contributed by atoms with van der Waals surface area (Å²) in [5.74, 6) is -0.0110. The number of rotatable bonds is 5. The Morgan fingerprint density at radius 1 is 1.43 bits per heavy atom. The summed E-state index contributed by atoms with van der Waals surface area (Å²) in [7, 11) is 3.31. The normalized spacial score (nSPS) is 18.5. The first-order valence-corrected chi connectivity index (χ1v) is 6.71. The lowest BCUT2D eigenvalue weighted by Crippen LogP contribution is -2.51. The standard InChI is InChI=1S/C15H18N2O4/c1-17(12-6-7-14(19)16-15(12)20)8-10-4-3-5-13(21-2)11(10)9-18/h3-5,9,12H,6-8H2,1-2H3,(H,16,19,20). The molecule has 0 aromatic heterocycles. The Balaban J connectivity index is 2.16. The highest BCUT2D eigenvalue weighted by Gasteiger charge is 2.30. The van der Waals surface area contributed by atoms with E-state index < -0.39 is 0 Å². The fourth-order valence-electron chi connectivity index (χ4n) is 2.52. The monoisotopic (exact) mass is 290 g/mol. The van der Waals surface area contributed by atoms with Crippen molar-refractivity contribution in [3.05, 3.63) is 29.3 Å². The number of likely N-dealkylation sites (N-methyl/N-ethyl adjacent to an activating group) is 1. The number of benzene rings is 1. The second-order valence-electron chi connectivity index (χ2n) is 5.03. The smallest absolute Gasteiger partial charge is 0.243 e. The van der Waals surface area contributed by atoms with Gasteiger partial charge in [-0.05, 0) is 25.1 Å². The highest BCUT2D eigenvalue weighted by atomic mass is 16.5. The molecule has 2 amide bonds. The Labute approximate surface area is 123 Å². The van der Waals surface area contributed by atoms with E-state index >= 15 is 0 Å². The second-order valence-corrected chi connectivity index (χ2v) is 5.03. The lowest BCUT2D eigenvalue weighted by molar-refractivity contribution is -0.137. The highest BCUT2D eigenvalue weighted by Crippen LogP contribution is 2.22. The van der Waals surface area contributed by atoms with Crippen molar-refractivity contribution >= 4 is 18.1 Å². The molecule has 6 heteroatoms. The number of aldehydes is 1. The van der Waals surface area contributed by atoms with Crippen LogP contribution in [0.15, 0.2) is 18.2 Å².